The first-order valence-corrected chi connectivity index (χ1v) is 6.93. The van der Waals surface area contributed by atoms with Crippen LogP contribution in [0.15, 0.2) is 0 Å². The van der Waals surface area contributed by atoms with Crippen LogP contribution in [-0.2, 0) is 9.45 Å². The minimum Gasteiger partial charge on any atom is -0.480 e. The number of hydrogen-bond acceptors (Lipinski definition) is 5. The second kappa shape index (κ2) is 5.79. The molecule has 0 aromatic rings. The van der Waals surface area contributed by atoms with Crippen LogP contribution in [0.4, 0.5) is 0 Å². The summed E-state index contributed by atoms with van der Waals surface area (Å²) in [5, 5.41) is 22.1. The van der Waals surface area contributed by atoms with Gasteiger partial charge >= 0.3 is 13.1 Å². The van der Waals surface area contributed by atoms with E-state index < -0.39 is 18.6 Å². The Hall–Kier alpha value is -0.625. The van der Waals surface area contributed by atoms with Crippen LogP contribution in [0.5, 0.6) is 0 Å². The van der Waals surface area contributed by atoms with Gasteiger partial charge in [-0.05, 0) is 50.0 Å². The highest BCUT2D eigenvalue weighted by Gasteiger charge is 2.56. The van der Waals surface area contributed by atoms with Crippen LogP contribution in [-0.4, -0.2) is 49.0 Å². The van der Waals surface area contributed by atoms with E-state index >= 15 is 0 Å². The molecule has 0 aromatic heterocycles. The summed E-state index contributed by atoms with van der Waals surface area (Å²) in [7, 11) is 0.692. The average molecular weight is 270 g/mol. The Kier molecular flexibility index (Phi) is 4.50. The molecule has 6 nitrogen and oxygen atoms in total. The molecule has 5 N–H and O–H groups in total. The second-order valence-electron chi connectivity index (χ2n) is 5.86. The third-order valence-electron chi connectivity index (χ3n) is 4.81. The molecule has 19 heavy (non-hydrogen) atoms. The van der Waals surface area contributed by atoms with Crippen molar-refractivity contribution in [2.75, 3.05) is 20.2 Å². The number of fused-ring (bicyclic) bond motifs is 1. The Labute approximate surface area is 113 Å². The third-order valence-corrected chi connectivity index (χ3v) is 4.81. The minimum atomic E-state index is -1.10. The lowest BCUT2D eigenvalue weighted by atomic mass is 9.76. The Morgan fingerprint density at radius 2 is 2.32 bits per heavy atom. The number of rotatable bonds is 6. The van der Waals surface area contributed by atoms with Crippen LogP contribution in [0.1, 0.15) is 19.3 Å². The van der Waals surface area contributed by atoms with E-state index in [1.165, 1.54) is 7.11 Å². The van der Waals surface area contributed by atoms with Gasteiger partial charge in [0.05, 0.1) is 0 Å². The largest absolute Gasteiger partial charge is 0.480 e. The molecule has 0 unspecified atom stereocenters. The van der Waals surface area contributed by atoms with Gasteiger partial charge < -0.3 is 25.8 Å². The molecule has 1 saturated carbocycles. The summed E-state index contributed by atoms with van der Waals surface area (Å²) in [6.07, 6.45) is 2.53. The highest BCUT2D eigenvalue weighted by atomic mass is 16.5. The molecular weight excluding hydrogens is 247 g/mol. The first-order chi connectivity index (χ1) is 8.99. The lowest BCUT2D eigenvalue weighted by molar-refractivity contribution is -0.145. The molecule has 1 aliphatic heterocycles. The molecule has 2 aliphatic rings. The number of carbonyl (C=O) groups is 1. The zero-order valence-corrected chi connectivity index (χ0v) is 11.3. The fraction of sp³-hybridized carbons (Fsp3) is 0.917. The monoisotopic (exact) mass is 270 g/mol. The van der Waals surface area contributed by atoms with E-state index in [1.807, 2.05) is 0 Å². The van der Waals surface area contributed by atoms with Crippen molar-refractivity contribution in [2.45, 2.75) is 31.1 Å². The molecule has 1 heterocycles. The topological polar surface area (TPSA) is 105 Å². The Morgan fingerprint density at radius 3 is 2.95 bits per heavy atom. The number of aliphatic carboxylic acids is 1. The van der Waals surface area contributed by atoms with Crippen molar-refractivity contribution in [2.24, 2.45) is 23.5 Å². The smallest absolute Gasteiger partial charge is 0.453 e. The number of nitrogens with two attached hydrogens (primary N) is 1. The molecule has 7 heteroatoms. The van der Waals surface area contributed by atoms with Crippen molar-refractivity contribution < 1.29 is 19.6 Å². The number of nitrogens with one attached hydrogen (secondary N) is 1. The fourth-order valence-corrected chi connectivity index (χ4v) is 3.76. The van der Waals surface area contributed by atoms with E-state index in [-0.39, 0.29) is 5.92 Å². The van der Waals surface area contributed by atoms with E-state index in [1.54, 1.807) is 0 Å². The first kappa shape index (κ1) is 14.8. The SMILES string of the molecule is COB(O)CCC[C@H]1[C@@H]2CNC[C@@H]2C[C@@]1(N)C(=O)O. The summed E-state index contributed by atoms with van der Waals surface area (Å²) >= 11 is 0. The van der Waals surface area contributed by atoms with Crippen LogP contribution >= 0.6 is 0 Å². The standard InChI is InChI=1S/C12H23BN2O4/c1-19-13(18)4-2-3-10-9-7-15-6-8(9)5-12(10,14)11(16)17/h8-10,15,18H,2-7,14H2,1H3,(H,16,17)/t8-,9+,10-,12-/m0/s1. The summed E-state index contributed by atoms with van der Waals surface area (Å²) in [4.78, 5) is 11.5. The van der Waals surface area contributed by atoms with Crippen LogP contribution in [0.25, 0.3) is 0 Å². The van der Waals surface area contributed by atoms with Gasteiger partial charge in [0.15, 0.2) is 0 Å². The summed E-state index contributed by atoms with van der Waals surface area (Å²) < 4.78 is 4.80. The number of carboxylic acids is 1. The molecule has 1 saturated heterocycles. The van der Waals surface area contributed by atoms with E-state index in [2.05, 4.69) is 5.32 Å². The molecule has 0 bridgehead atoms. The minimum absolute atomic E-state index is 0.0194. The number of hydrogen-bond donors (Lipinski definition) is 4. The first-order valence-electron chi connectivity index (χ1n) is 6.93. The normalized spacial score (nSPS) is 37.3. The predicted octanol–water partition coefficient (Wildman–Crippen LogP) is -0.469. The predicted molar refractivity (Wildman–Crippen MR) is 71.5 cm³/mol. The molecule has 2 rings (SSSR count). The fourth-order valence-electron chi connectivity index (χ4n) is 3.76. The van der Waals surface area contributed by atoms with E-state index in [4.69, 9.17) is 10.4 Å². The van der Waals surface area contributed by atoms with Gasteiger partial charge in [0.2, 0.25) is 0 Å². The van der Waals surface area contributed by atoms with Gasteiger partial charge in [0.25, 0.3) is 0 Å². The molecule has 2 fully saturated rings. The van der Waals surface area contributed by atoms with Crippen LogP contribution in [0.2, 0.25) is 6.32 Å². The van der Waals surface area contributed by atoms with Crippen molar-refractivity contribution in [1.29, 1.82) is 0 Å². The van der Waals surface area contributed by atoms with Gasteiger partial charge in [-0.2, -0.15) is 0 Å². The lowest BCUT2D eigenvalue weighted by Crippen LogP contribution is -2.53. The maximum atomic E-state index is 11.5. The van der Waals surface area contributed by atoms with Crippen molar-refractivity contribution in [3.63, 3.8) is 0 Å². The van der Waals surface area contributed by atoms with Crippen molar-refractivity contribution in [3.8, 4) is 0 Å². The van der Waals surface area contributed by atoms with Crippen LogP contribution < -0.4 is 11.1 Å². The molecule has 0 amide bonds. The Bertz CT molecular complexity index is 344. The van der Waals surface area contributed by atoms with Crippen LogP contribution in [0, 0.1) is 17.8 Å². The molecule has 0 radical (unpaired) electrons. The third kappa shape index (κ3) is 2.79. The van der Waals surface area contributed by atoms with Crippen molar-refractivity contribution in [1.82, 2.24) is 5.32 Å². The van der Waals surface area contributed by atoms with E-state index in [0.717, 1.165) is 25.9 Å². The molecule has 1 aliphatic carbocycles. The summed E-state index contributed by atoms with van der Waals surface area (Å²) in [5.41, 5.74) is 5.06. The highest BCUT2D eigenvalue weighted by molar-refractivity contribution is 6.42. The zero-order chi connectivity index (χ0) is 14.0. The quantitative estimate of drug-likeness (QED) is 0.486. The maximum Gasteiger partial charge on any atom is 0.453 e. The lowest BCUT2D eigenvalue weighted by Gasteiger charge is -2.30. The van der Waals surface area contributed by atoms with Gasteiger partial charge in [0.1, 0.15) is 5.54 Å². The summed E-state index contributed by atoms with van der Waals surface area (Å²) in [6.45, 7) is 1.72. The van der Waals surface area contributed by atoms with Crippen molar-refractivity contribution in [3.05, 3.63) is 0 Å². The van der Waals surface area contributed by atoms with E-state index in [9.17, 15) is 14.9 Å². The zero-order valence-electron chi connectivity index (χ0n) is 11.3. The molecular formula is C12H23BN2O4. The van der Waals surface area contributed by atoms with Crippen molar-refractivity contribution >= 4 is 13.1 Å². The molecule has 4 atom stereocenters. The Morgan fingerprint density at radius 1 is 1.58 bits per heavy atom. The second-order valence-corrected chi connectivity index (χ2v) is 5.86. The van der Waals surface area contributed by atoms with Crippen LogP contribution in [0.3, 0.4) is 0 Å². The average Bonchev–Trinajstić information content (AvgIpc) is 2.90. The number of carboxylic acid groups (broad SMARTS) is 1. The van der Waals surface area contributed by atoms with E-state index in [0.29, 0.717) is 24.6 Å². The Balaban J connectivity index is 1.99. The molecule has 0 aromatic carbocycles. The van der Waals surface area contributed by atoms with Gasteiger partial charge in [-0.3, -0.25) is 4.79 Å². The molecule has 0 spiro atoms. The summed E-state index contributed by atoms with van der Waals surface area (Å²) in [6, 6.07) is 0. The van der Waals surface area contributed by atoms with Gasteiger partial charge in [-0.25, -0.2) is 0 Å². The highest BCUT2D eigenvalue weighted by Crippen LogP contribution is 2.47. The summed E-state index contributed by atoms with van der Waals surface area (Å²) in [5.74, 6) is -0.188. The maximum absolute atomic E-state index is 11.5. The van der Waals surface area contributed by atoms with Gasteiger partial charge in [-0.1, -0.05) is 6.42 Å². The molecule has 108 valence electrons. The van der Waals surface area contributed by atoms with Gasteiger partial charge in [0, 0.05) is 7.11 Å². The van der Waals surface area contributed by atoms with Gasteiger partial charge in [-0.15, -0.1) is 0 Å².